The van der Waals surface area contributed by atoms with Gasteiger partial charge in [-0.2, -0.15) is 0 Å². The molecule has 1 aromatic heterocycles. The molecule has 6 nitrogen and oxygen atoms in total. The van der Waals surface area contributed by atoms with E-state index in [9.17, 15) is 9.59 Å². The normalized spacial score (nSPS) is 15.8. The summed E-state index contributed by atoms with van der Waals surface area (Å²) in [5, 5.41) is 17.7. The number of carbonyl (C=O) groups excluding carboxylic acids is 2. The van der Waals surface area contributed by atoms with Crippen LogP contribution in [0.5, 0.6) is 0 Å². The van der Waals surface area contributed by atoms with Crippen molar-refractivity contribution in [3.63, 3.8) is 0 Å². The molecule has 1 aliphatic heterocycles. The molecule has 0 bridgehead atoms. The van der Waals surface area contributed by atoms with Gasteiger partial charge in [0.15, 0.2) is 5.78 Å². The van der Waals surface area contributed by atoms with Crippen LogP contribution in [0, 0.1) is 0 Å². The lowest BCUT2D eigenvalue weighted by Gasteiger charge is -2.13. The molecule has 0 unspecified atom stereocenters. The minimum atomic E-state index is -1.59. The van der Waals surface area contributed by atoms with Crippen molar-refractivity contribution < 1.29 is 19.6 Å². The van der Waals surface area contributed by atoms with Crippen molar-refractivity contribution in [3.8, 4) is 0 Å². The second-order valence-electron chi connectivity index (χ2n) is 3.52. The molecule has 2 N–H and O–H groups in total. The van der Waals surface area contributed by atoms with E-state index in [1.807, 2.05) is 0 Å². The van der Waals surface area contributed by atoms with Gasteiger partial charge < -0.3 is 10.0 Å². The number of rotatable bonds is 2. The van der Waals surface area contributed by atoms with Gasteiger partial charge in [0.05, 0.1) is 13.0 Å². The molecule has 0 radical (unpaired) electrons. The maximum atomic E-state index is 11.4. The number of carbonyl (C=O) groups is 2. The van der Waals surface area contributed by atoms with Crippen molar-refractivity contribution in [1.29, 1.82) is 0 Å². The number of amides is 1. The smallest absolute Gasteiger partial charge is 0.423 e. The Balaban J connectivity index is 2.22. The summed E-state index contributed by atoms with van der Waals surface area (Å²) in [6, 6.07) is 2.92. The Morgan fingerprint density at radius 1 is 1.31 bits per heavy atom. The van der Waals surface area contributed by atoms with Gasteiger partial charge in [-0.25, -0.2) is 4.98 Å². The van der Waals surface area contributed by atoms with E-state index >= 15 is 0 Å². The average Bonchev–Trinajstić information content (AvgIpc) is 2.58. The zero-order chi connectivity index (χ0) is 11.7. The molecule has 0 aromatic carbocycles. The fraction of sp³-hybridized carbons (Fsp3) is 0.222. The van der Waals surface area contributed by atoms with Crippen LogP contribution in [0.1, 0.15) is 6.42 Å². The Morgan fingerprint density at radius 3 is 2.50 bits per heavy atom. The van der Waals surface area contributed by atoms with Gasteiger partial charge in [-0.15, -0.1) is 0 Å². The maximum Gasteiger partial charge on any atom is 0.490 e. The van der Waals surface area contributed by atoms with E-state index in [0.29, 0.717) is 5.82 Å². The van der Waals surface area contributed by atoms with E-state index in [0.717, 1.165) is 0 Å². The minimum absolute atomic E-state index is 0.0346. The quantitative estimate of drug-likeness (QED) is 0.447. The molecule has 1 amide bonds. The number of hydrogen-bond donors (Lipinski definition) is 2. The average molecular weight is 220 g/mol. The van der Waals surface area contributed by atoms with E-state index in [-0.39, 0.29) is 30.1 Å². The van der Waals surface area contributed by atoms with E-state index in [1.165, 1.54) is 23.2 Å². The molecule has 1 fully saturated rings. The van der Waals surface area contributed by atoms with Gasteiger partial charge in [-0.05, 0) is 6.07 Å². The molecule has 82 valence electrons. The Bertz CT molecular complexity index is 432. The van der Waals surface area contributed by atoms with Crippen molar-refractivity contribution in [2.45, 2.75) is 6.42 Å². The fourth-order valence-electron chi connectivity index (χ4n) is 1.50. The van der Waals surface area contributed by atoms with Crippen LogP contribution in [0.3, 0.4) is 0 Å². The SMILES string of the molecule is O=C1CC(=O)N(c2ccc(B(O)O)cn2)C1. The van der Waals surface area contributed by atoms with Crippen LogP contribution < -0.4 is 10.4 Å². The van der Waals surface area contributed by atoms with Crippen LogP contribution in [0.15, 0.2) is 18.3 Å². The molecular weight excluding hydrogens is 211 g/mol. The van der Waals surface area contributed by atoms with Crippen LogP contribution in [-0.2, 0) is 9.59 Å². The zero-order valence-corrected chi connectivity index (χ0v) is 8.33. The number of anilines is 1. The Labute approximate surface area is 91.7 Å². The predicted molar refractivity (Wildman–Crippen MR) is 56.0 cm³/mol. The van der Waals surface area contributed by atoms with Crippen LogP contribution >= 0.6 is 0 Å². The first kappa shape index (κ1) is 10.8. The van der Waals surface area contributed by atoms with Gasteiger partial charge in [-0.3, -0.25) is 14.5 Å². The first-order valence-electron chi connectivity index (χ1n) is 4.72. The van der Waals surface area contributed by atoms with E-state index in [2.05, 4.69) is 4.98 Å². The highest BCUT2D eigenvalue weighted by molar-refractivity contribution is 6.58. The largest absolute Gasteiger partial charge is 0.490 e. The lowest BCUT2D eigenvalue weighted by Crippen LogP contribution is -2.31. The van der Waals surface area contributed by atoms with Gasteiger partial charge in [-0.1, -0.05) is 6.07 Å². The molecule has 0 spiro atoms. The third-order valence-corrected chi connectivity index (χ3v) is 2.33. The van der Waals surface area contributed by atoms with Crippen molar-refractivity contribution in [1.82, 2.24) is 4.98 Å². The van der Waals surface area contributed by atoms with Gasteiger partial charge in [0.1, 0.15) is 5.82 Å². The zero-order valence-electron chi connectivity index (χ0n) is 8.33. The molecule has 1 aromatic rings. The highest BCUT2D eigenvalue weighted by atomic mass is 16.4. The van der Waals surface area contributed by atoms with E-state index in [4.69, 9.17) is 10.0 Å². The molecule has 16 heavy (non-hydrogen) atoms. The molecule has 1 saturated heterocycles. The monoisotopic (exact) mass is 220 g/mol. The van der Waals surface area contributed by atoms with Crippen molar-refractivity contribution in [2.24, 2.45) is 0 Å². The van der Waals surface area contributed by atoms with E-state index < -0.39 is 7.12 Å². The summed E-state index contributed by atoms with van der Waals surface area (Å²) in [5.41, 5.74) is 0.238. The highest BCUT2D eigenvalue weighted by Gasteiger charge is 2.29. The molecule has 0 aliphatic carbocycles. The molecule has 2 heterocycles. The number of nitrogens with zero attached hydrogens (tertiary/aromatic N) is 2. The number of aromatic nitrogens is 1. The number of ketones is 1. The van der Waals surface area contributed by atoms with Crippen LogP contribution in [0.25, 0.3) is 0 Å². The second kappa shape index (κ2) is 4.03. The summed E-state index contributed by atoms with van der Waals surface area (Å²) in [6.45, 7) is 0.0346. The van der Waals surface area contributed by atoms with Crippen LogP contribution in [0.2, 0.25) is 0 Å². The standard InChI is InChI=1S/C9H9BN2O4/c13-7-3-9(14)12(5-7)8-2-1-6(4-11-8)10(15)16/h1-2,4,15-16H,3,5H2. The highest BCUT2D eigenvalue weighted by Crippen LogP contribution is 2.15. The summed E-state index contributed by atoms with van der Waals surface area (Å²) in [4.78, 5) is 27.6. The predicted octanol–water partition coefficient (Wildman–Crippen LogP) is -1.93. The fourth-order valence-corrected chi connectivity index (χ4v) is 1.50. The molecule has 2 rings (SSSR count). The molecule has 7 heteroatoms. The second-order valence-corrected chi connectivity index (χ2v) is 3.52. The van der Waals surface area contributed by atoms with Gasteiger partial charge >= 0.3 is 7.12 Å². The Morgan fingerprint density at radius 2 is 2.06 bits per heavy atom. The summed E-state index contributed by atoms with van der Waals surface area (Å²) >= 11 is 0. The molecule has 0 atom stereocenters. The van der Waals surface area contributed by atoms with Crippen molar-refractivity contribution in [3.05, 3.63) is 18.3 Å². The lowest BCUT2D eigenvalue weighted by atomic mass is 9.82. The maximum absolute atomic E-state index is 11.4. The molecule has 1 aliphatic rings. The van der Waals surface area contributed by atoms with Gasteiger partial charge in [0.2, 0.25) is 5.91 Å². The van der Waals surface area contributed by atoms with Gasteiger partial charge in [0.25, 0.3) is 0 Å². The topological polar surface area (TPSA) is 90.7 Å². The van der Waals surface area contributed by atoms with Crippen LogP contribution in [-0.4, -0.2) is 40.4 Å². The first-order valence-corrected chi connectivity index (χ1v) is 4.72. The third kappa shape index (κ3) is 1.95. The molecule has 0 saturated carbocycles. The Kier molecular flexibility index (Phi) is 2.72. The number of Topliss-reactive ketones (excluding diaryl/α,β-unsaturated/α-hetero) is 1. The summed E-state index contributed by atoms with van der Waals surface area (Å²) in [7, 11) is -1.59. The summed E-state index contributed by atoms with van der Waals surface area (Å²) < 4.78 is 0. The third-order valence-electron chi connectivity index (χ3n) is 2.33. The van der Waals surface area contributed by atoms with Crippen LogP contribution in [0.4, 0.5) is 5.82 Å². The summed E-state index contributed by atoms with van der Waals surface area (Å²) in [5.74, 6) is -0.0758. The number of hydrogen-bond acceptors (Lipinski definition) is 5. The van der Waals surface area contributed by atoms with Gasteiger partial charge in [0, 0.05) is 11.7 Å². The Hall–Kier alpha value is -1.73. The molecular formula is C9H9BN2O4. The summed E-state index contributed by atoms with van der Waals surface area (Å²) in [6.07, 6.45) is 1.17. The van der Waals surface area contributed by atoms with E-state index in [1.54, 1.807) is 0 Å². The van der Waals surface area contributed by atoms with Crippen molar-refractivity contribution in [2.75, 3.05) is 11.4 Å². The number of pyridine rings is 1. The van der Waals surface area contributed by atoms with Crippen molar-refractivity contribution >= 4 is 30.1 Å². The minimum Gasteiger partial charge on any atom is -0.423 e. The first-order chi connectivity index (χ1) is 7.58. The lowest BCUT2D eigenvalue weighted by molar-refractivity contribution is -0.121.